The van der Waals surface area contributed by atoms with Crippen LogP contribution < -0.4 is 0 Å². The normalized spacial score (nSPS) is 28.0. The molecule has 132 valence electrons. The molecule has 1 aliphatic carbocycles. The van der Waals surface area contributed by atoms with Gasteiger partial charge >= 0.3 is 0 Å². The van der Waals surface area contributed by atoms with Crippen molar-refractivity contribution in [2.45, 2.75) is 50.1 Å². The Kier molecular flexibility index (Phi) is 5.29. The molecule has 1 unspecified atom stereocenters. The lowest BCUT2D eigenvalue weighted by Crippen LogP contribution is -2.54. The van der Waals surface area contributed by atoms with Crippen molar-refractivity contribution in [2.24, 2.45) is 5.92 Å². The molecule has 23 heavy (non-hydrogen) atoms. The molecule has 3 fully saturated rings. The molecule has 2 saturated heterocycles. The van der Waals surface area contributed by atoms with Crippen molar-refractivity contribution < 1.29 is 9.53 Å². The quantitative estimate of drug-likeness (QED) is 0.741. The van der Waals surface area contributed by atoms with Gasteiger partial charge in [0.25, 0.3) is 0 Å². The van der Waals surface area contributed by atoms with Gasteiger partial charge in [0.15, 0.2) is 0 Å². The maximum absolute atomic E-state index is 12.2. The van der Waals surface area contributed by atoms with Crippen LogP contribution in [0.2, 0.25) is 0 Å². The number of rotatable bonds is 6. The number of hydrogen-bond acceptors (Lipinski definition) is 4. The Balaban J connectivity index is 1.46. The van der Waals surface area contributed by atoms with E-state index in [4.69, 9.17) is 4.74 Å². The lowest BCUT2D eigenvalue weighted by molar-refractivity contribution is -0.134. The lowest BCUT2D eigenvalue weighted by Gasteiger charge is -2.45. The van der Waals surface area contributed by atoms with E-state index in [-0.39, 0.29) is 5.91 Å². The van der Waals surface area contributed by atoms with Gasteiger partial charge in [-0.15, -0.1) is 0 Å². The zero-order valence-electron chi connectivity index (χ0n) is 15.1. The topological polar surface area (TPSA) is 36.0 Å². The first-order valence-electron chi connectivity index (χ1n) is 9.23. The van der Waals surface area contributed by atoms with E-state index in [1.165, 1.54) is 25.7 Å². The smallest absolute Gasteiger partial charge is 0.236 e. The number of amides is 1. The first kappa shape index (κ1) is 17.2. The molecule has 3 aliphatic rings. The van der Waals surface area contributed by atoms with Crippen LogP contribution in [0, 0.1) is 5.92 Å². The van der Waals surface area contributed by atoms with Crippen LogP contribution in [-0.2, 0) is 9.53 Å². The second kappa shape index (κ2) is 7.08. The molecule has 0 aromatic carbocycles. The molecular weight excluding hydrogens is 290 g/mol. The lowest BCUT2D eigenvalue weighted by atomic mass is 9.85. The Morgan fingerprint density at radius 1 is 1.13 bits per heavy atom. The Hall–Kier alpha value is -0.650. The van der Waals surface area contributed by atoms with Gasteiger partial charge in [0.2, 0.25) is 5.91 Å². The third kappa shape index (κ3) is 4.06. The van der Waals surface area contributed by atoms with Crippen molar-refractivity contribution in [1.29, 1.82) is 0 Å². The number of likely N-dealkylation sites (N-methyl/N-ethyl adjacent to an activating group) is 2. The molecule has 0 bridgehead atoms. The van der Waals surface area contributed by atoms with E-state index in [0.29, 0.717) is 18.1 Å². The van der Waals surface area contributed by atoms with Crippen molar-refractivity contribution in [1.82, 2.24) is 14.7 Å². The average molecular weight is 323 g/mol. The van der Waals surface area contributed by atoms with Crippen LogP contribution in [0.25, 0.3) is 0 Å². The third-order valence-corrected chi connectivity index (χ3v) is 6.10. The standard InChI is InChI=1S/C18H33N3O2/c1-19(2)12-17(22)21-10-8-18(9-11-21)7-6-16(20(18)3)14-23-13-15-4-5-15/h15-16H,4-14H2,1-3H3. The Morgan fingerprint density at radius 2 is 1.83 bits per heavy atom. The van der Waals surface area contributed by atoms with E-state index in [9.17, 15) is 4.79 Å². The molecule has 3 rings (SSSR count). The number of nitrogens with zero attached hydrogens (tertiary/aromatic N) is 3. The van der Waals surface area contributed by atoms with Crippen molar-refractivity contribution in [2.75, 3.05) is 54.0 Å². The molecule has 2 heterocycles. The van der Waals surface area contributed by atoms with E-state index in [0.717, 1.165) is 45.1 Å². The van der Waals surface area contributed by atoms with Crippen LogP contribution in [0.3, 0.4) is 0 Å². The highest BCUT2D eigenvalue weighted by molar-refractivity contribution is 5.78. The molecule has 1 spiro atoms. The molecule has 1 atom stereocenters. The largest absolute Gasteiger partial charge is 0.380 e. The van der Waals surface area contributed by atoms with E-state index >= 15 is 0 Å². The minimum atomic E-state index is 0.273. The van der Waals surface area contributed by atoms with Crippen molar-refractivity contribution in [3.63, 3.8) is 0 Å². The van der Waals surface area contributed by atoms with E-state index in [2.05, 4.69) is 16.8 Å². The fourth-order valence-electron chi connectivity index (χ4n) is 4.19. The van der Waals surface area contributed by atoms with Gasteiger partial charge in [-0.3, -0.25) is 9.69 Å². The number of likely N-dealkylation sites (tertiary alicyclic amines) is 2. The summed E-state index contributed by atoms with van der Waals surface area (Å²) < 4.78 is 5.94. The van der Waals surface area contributed by atoms with Crippen LogP contribution in [0.1, 0.15) is 38.5 Å². The second-order valence-corrected chi connectivity index (χ2v) is 8.13. The molecule has 5 heteroatoms. The second-order valence-electron chi connectivity index (χ2n) is 8.13. The fraction of sp³-hybridized carbons (Fsp3) is 0.944. The van der Waals surface area contributed by atoms with Gasteiger partial charge in [-0.2, -0.15) is 0 Å². The number of carbonyl (C=O) groups is 1. The van der Waals surface area contributed by atoms with Crippen LogP contribution >= 0.6 is 0 Å². The van der Waals surface area contributed by atoms with Gasteiger partial charge in [-0.05, 0) is 65.6 Å². The molecule has 0 aromatic heterocycles. The zero-order chi connectivity index (χ0) is 16.4. The summed E-state index contributed by atoms with van der Waals surface area (Å²) >= 11 is 0. The Morgan fingerprint density at radius 3 is 2.43 bits per heavy atom. The van der Waals surface area contributed by atoms with Crippen molar-refractivity contribution in [3.8, 4) is 0 Å². The SMILES string of the molecule is CN(C)CC(=O)N1CCC2(CCC(COCC3CC3)N2C)CC1. The van der Waals surface area contributed by atoms with Gasteiger partial charge in [0.1, 0.15) is 0 Å². The summed E-state index contributed by atoms with van der Waals surface area (Å²) in [5, 5.41) is 0. The molecular formula is C18H33N3O2. The van der Waals surface area contributed by atoms with Crippen LogP contribution in [0.4, 0.5) is 0 Å². The fourth-order valence-corrected chi connectivity index (χ4v) is 4.19. The Labute approximate surface area is 140 Å². The van der Waals surface area contributed by atoms with Crippen molar-refractivity contribution in [3.05, 3.63) is 0 Å². The maximum Gasteiger partial charge on any atom is 0.236 e. The summed E-state index contributed by atoms with van der Waals surface area (Å²) in [6.07, 6.45) is 7.45. The summed E-state index contributed by atoms with van der Waals surface area (Å²) in [6.45, 7) is 4.20. The van der Waals surface area contributed by atoms with Gasteiger partial charge < -0.3 is 14.5 Å². The predicted octanol–water partition coefficient (Wildman–Crippen LogP) is 1.43. The van der Waals surface area contributed by atoms with Crippen LogP contribution in [0.15, 0.2) is 0 Å². The average Bonchev–Trinajstić information content (AvgIpc) is 3.29. The first-order chi connectivity index (χ1) is 11.0. The zero-order valence-corrected chi connectivity index (χ0v) is 15.1. The number of hydrogen-bond donors (Lipinski definition) is 0. The minimum absolute atomic E-state index is 0.273. The highest BCUT2D eigenvalue weighted by Gasteiger charge is 2.46. The number of carbonyl (C=O) groups excluding carboxylic acids is 1. The summed E-state index contributed by atoms with van der Waals surface area (Å²) in [7, 11) is 6.19. The summed E-state index contributed by atoms with van der Waals surface area (Å²) in [4.78, 5) is 18.8. The molecule has 2 aliphatic heterocycles. The van der Waals surface area contributed by atoms with Gasteiger partial charge in [0, 0.05) is 31.3 Å². The Bertz CT molecular complexity index is 414. The van der Waals surface area contributed by atoms with E-state index < -0.39 is 0 Å². The number of piperidine rings is 1. The van der Waals surface area contributed by atoms with Crippen LogP contribution in [-0.4, -0.2) is 86.2 Å². The molecule has 1 saturated carbocycles. The van der Waals surface area contributed by atoms with Crippen molar-refractivity contribution >= 4 is 5.91 Å². The minimum Gasteiger partial charge on any atom is -0.380 e. The monoisotopic (exact) mass is 323 g/mol. The summed E-state index contributed by atoms with van der Waals surface area (Å²) in [6, 6.07) is 0.567. The molecule has 0 aromatic rings. The molecule has 1 amide bonds. The third-order valence-electron chi connectivity index (χ3n) is 6.10. The number of ether oxygens (including phenoxy) is 1. The maximum atomic E-state index is 12.2. The van der Waals surface area contributed by atoms with Gasteiger partial charge in [-0.1, -0.05) is 0 Å². The van der Waals surface area contributed by atoms with Crippen LogP contribution in [0.5, 0.6) is 0 Å². The summed E-state index contributed by atoms with van der Waals surface area (Å²) in [5.41, 5.74) is 0.308. The predicted molar refractivity (Wildman–Crippen MR) is 91.4 cm³/mol. The van der Waals surface area contributed by atoms with Gasteiger partial charge in [0.05, 0.1) is 13.2 Å². The first-order valence-corrected chi connectivity index (χ1v) is 9.23. The summed E-state index contributed by atoms with van der Waals surface area (Å²) in [5.74, 6) is 1.12. The molecule has 0 radical (unpaired) electrons. The van der Waals surface area contributed by atoms with E-state index in [1.807, 2.05) is 19.0 Å². The molecule has 0 N–H and O–H groups in total. The highest BCUT2D eigenvalue weighted by atomic mass is 16.5. The van der Waals surface area contributed by atoms with Gasteiger partial charge in [-0.25, -0.2) is 0 Å². The highest BCUT2D eigenvalue weighted by Crippen LogP contribution is 2.40. The van der Waals surface area contributed by atoms with E-state index in [1.54, 1.807) is 0 Å². The molecule has 5 nitrogen and oxygen atoms in total.